The monoisotopic (exact) mass is 352 g/mol. The SMILES string of the molecule is CC1(C(=O)Nc2ccc(OCC(F)(F)F)cc2)CCCCN1.Cl. The van der Waals surface area contributed by atoms with Gasteiger partial charge in [-0.05, 0) is 57.0 Å². The molecule has 1 saturated heterocycles. The molecule has 1 fully saturated rings. The summed E-state index contributed by atoms with van der Waals surface area (Å²) in [5, 5.41) is 5.97. The minimum atomic E-state index is -4.37. The van der Waals surface area contributed by atoms with Crippen molar-refractivity contribution < 1.29 is 22.7 Å². The molecule has 0 aromatic heterocycles. The number of hydrogen-bond acceptors (Lipinski definition) is 3. The van der Waals surface area contributed by atoms with Crippen molar-refractivity contribution >= 4 is 24.0 Å². The number of halogens is 4. The number of anilines is 1. The third-order valence-electron chi connectivity index (χ3n) is 3.63. The van der Waals surface area contributed by atoms with Gasteiger partial charge in [-0.25, -0.2) is 0 Å². The van der Waals surface area contributed by atoms with Gasteiger partial charge in [0.05, 0.1) is 5.54 Å². The number of nitrogens with one attached hydrogen (secondary N) is 2. The smallest absolute Gasteiger partial charge is 0.422 e. The molecule has 0 bridgehead atoms. The molecule has 23 heavy (non-hydrogen) atoms. The van der Waals surface area contributed by atoms with Gasteiger partial charge in [-0.3, -0.25) is 4.79 Å². The van der Waals surface area contributed by atoms with E-state index >= 15 is 0 Å². The molecule has 8 heteroatoms. The van der Waals surface area contributed by atoms with Crippen LogP contribution >= 0.6 is 12.4 Å². The first-order valence-electron chi connectivity index (χ1n) is 7.15. The number of rotatable bonds is 4. The molecule has 2 rings (SSSR count). The van der Waals surface area contributed by atoms with Crippen LogP contribution in [0.15, 0.2) is 24.3 Å². The lowest BCUT2D eigenvalue weighted by Gasteiger charge is -2.33. The highest BCUT2D eigenvalue weighted by Crippen LogP contribution is 2.23. The Kier molecular flexibility index (Phi) is 6.70. The van der Waals surface area contributed by atoms with Gasteiger partial charge in [0.2, 0.25) is 5.91 Å². The van der Waals surface area contributed by atoms with E-state index in [1.54, 1.807) is 0 Å². The molecular weight excluding hydrogens is 333 g/mol. The van der Waals surface area contributed by atoms with E-state index in [1.165, 1.54) is 24.3 Å². The summed E-state index contributed by atoms with van der Waals surface area (Å²) < 4.78 is 40.8. The first-order chi connectivity index (χ1) is 10.3. The minimum absolute atomic E-state index is 0. The molecule has 1 aliphatic heterocycles. The van der Waals surface area contributed by atoms with Crippen LogP contribution in [0.25, 0.3) is 0 Å². The molecule has 1 unspecified atom stereocenters. The first-order valence-corrected chi connectivity index (χ1v) is 7.15. The van der Waals surface area contributed by atoms with E-state index in [4.69, 9.17) is 0 Å². The number of benzene rings is 1. The number of ether oxygens (including phenoxy) is 1. The zero-order valence-corrected chi connectivity index (χ0v) is 13.5. The zero-order valence-electron chi connectivity index (χ0n) is 12.7. The number of alkyl halides is 3. The maximum Gasteiger partial charge on any atom is 0.422 e. The molecule has 1 aromatic rings. The van der Waals surface area contributed by atoms with Gasteiger partial charge in [0.1, 0.15) is 5.75 Å². The molecule has 1 aromatic carbocycles. The Labute approximate surface area is 139 Å². The van der Waals surface area contributed by atoms with Gasteiger partial charge in [-0.15, -0.1) is 12.4 Å². The van der Waals surface area contributed by atoms with Gasteiger partial charge in [0.25, 0.3) is 0 Å². The second kappa shape index (κ2) is 7.88. The van der Waals surface area contributed by atoms with Gasteiger partial charge < -0.3 is 15.4 Å². The first kappa shape index (κ1) is 19.6. The van der Waals surface area contributed by atoms with Crippen molar-refractivity contribution in [3.63, 3.8) is 0 Å². The zero-order chi connectivity index (χ0) is 16.2. The molecule has 1 atom stereocenters. The van der Waals surface area contributed by atoms with Gasteiger partial charge in [0.15, 0.2) is 6.61 Å². The summed E-state index contributed by atoms with van der Waals surface area (Å²) in [4.78, 5) is 12.3. The maximum absolute atomic E-state index is 12.3. The molecule has 1 heterocycles. The molecule has 1 amide bonds. The molecule has 0 spiro atoms. The fourth-order valence-electron chi connectivity index (χ4n) is 2.32. The largest absolute Gasteiger partial charge is 0.484 e. The Balaban J connectivity index is 0.00000264. The average molecular weight is 353 g/mol. The van der Waals surface area contributed by atoms with Crippen LogP contribution in [0.5, 0.6) is 5.75 Å². The van der Waals surface area contributed by atoms with Crippen molar-refractivity contribution in [2.45, 2.75) is 37.9 Å². The summed E-state index contributed by atoms with van der Waals surface area (Å²) in [5.74, 6) is -0.0338. The Hall–Kier alpha value is -1.47. The number of hydrogen-bond donors (Lipinski definition) is 2. The van der Waals surface area contributed by atoms with Gasteiger partial charge in [0, 0.05) is 5.69 Å². The normalized spacial score (nSPS) is 21.2. The van der Waals surface area contributed by atoms with Crippen LogP contribution in [-0.2, 0) is 4.79 Å². The lowest BCUT2D eigenvalue weighted by atomic mass is 9.90. The molecular formula is C15H20ClF3N2O2. The average Bonchev–Trinajstić information content (AvgIpc) is 2.46. The minimum Gasteiger partial charge on any atom is -0.484 e. The fraction of sp³-hybridized carbons (Fsp3) is 0.533. The van der Waals surface area contributed by atoms with Crippen LogP contribution in [0.1, 0.15) is 26.2 Å². The van der Waals surface area contributed by atoms with E-state index in [-0.39, 0.29) is 24.1 Å². The van der Waals surface area contributed by atoms with Crippen molar-refractivity contribution in [1.82, 2.24) is 5.32 Å². The summed E-state index contributed by atoms with van der Waals surface area (Å²) in [6, 6.07) is 5.85. The van der Waals surface area contributed by atoms with E-state index in [9.17, 15) is 18.0 Å². The molecule has 2 N–H and O–H groups in total. The molecule has 1 aliphatic rings. The van der Waals surface area contributed by atoms with E-state index in [1.807, 2.05) is 6.92 Å². The predicted molar refractivity (Wildman–Crippen MR) is 84.1 cm³/mol. The number of carbonyl (C=O) groups is 1. The van der Waals surface area contributed by atoms with Crippen molar-refractivity contribution in [3.8, 4) is 5.75 Å². The molecule has 0 saturated carbocycles. The number of amides is 1. The van der Waals surface area contributed by atoms with Crippen LogP contribution in [0.2, 0.25) is 0 Å². The molecule has 130 valence electrons. The highest BCUT2D eigenvalue weighted by molar-refractivity contribution is 5.97. The summed E-state index contributed by atoms with van der Waals surface area (Å²) in [6.07, 6.45) is -1.57. The quantitative estimate of drug-likeness (QED) is 0.871. The van der Waals surface area contributed by atoms with Crippen LogP contribution in [0, 0.1) is 0 Å². The van der Waals surface area contributed by atoms with Crippen LogP contribution in [0.3, 0.4) is 0 Å². The number of piperidine rings is 1. The Bertz CT molecular complexity index is 514. The van der Waals surface area contributed by atoms with Crippen LogP contribution in [-0.4, -0.2) is 30.8 Å². The van der Waals surface area contributed by atoms with E-state index in [2.05, 4.69) is 15.4 Å². The third kappa shape index (κ3) is 5.91. The van der Waals surface area contributed by atoms with Gasteiger partial charge in [-0.2, -0.15) is 13.2 Å². The Morgan fingerprint density at radius 3 is 2.48 bits per heavy atom. The molecule has 0 aliphatic carbocycles. The summed E-state index contributed by atoms with van der Waals surface area (Å²) in [6.45, 7) is 1.32. The van der Waals surface area contributed by atoms with Gasteiger partial charge >= 0.3 is 6.18 Å². The van der Waals surface area contributed by atoms with E-state index in [0.29, 0.717) is 5.69 Å². The van der Waals surface area contributed by atoms with Crippen molar-refractivity contribution in [3.05, 3.63) is 24.3 Å². The van der Waals surface area contributed by atoms with E-state index < -0.39 is 18.3 Å². The van der Waals surface area contributed by atoms with Crippen LogP contribution < -0.4 is 15.4 Å². The van der Waals surface area contributed by atoms with Crippen molar-refractivity contribution in [2.24, 2.45) is 0 Å². The highest BCUT2D eigenvalue weighted by Gasteiger charge is 2.34. The standard InChI is InChI=1S/C15H19F3N2O2.ClH/c1-14(8-2-3-9-19-14)13(21)20-11-4-6-12(7-5-11)22-10-15(16,17)18;/h4-7,19H,2-3,8-10H2,1H3,(H,20,21);1H. The topological polar surface area (TPSA) is 50.4 Å². The molecule has 0 radical (unpaired) electrons. The lowest BCUT2D eigenvalue weighted by Crippen LogP contribution is -2.54. The maximum atomic E-state index is 12.3. The van der Waals surface area contributed by atoms with Crippen molar-refractivity contribution in [1.29, 1.82) is 0 Å². The second-order valence-electron chi connectivity index (χ2n) is 5.60. The summed E-state index contributed by atoms with van der Waals surface area (Å²) in [5.41, 5.74) is -0.0815. The highest BCUT2D eigenvalue weighted by atomic mass is 35.5. The Morgan fingerprint density at radius 1 is 1.30 bits per heavy atom. The number of carbonyl (C=O) groups excluding carboxylic acids is 1. The lowest BCUT2D eigenvalue weighted by molar-refractivity contribution is -0.153. The molecule has 4 nitrogen and oxygen atoms in total. The van der Waals surface area contributed by atoms with Gasteiger partial charge in [-0.1, -0.05) is 0 Å². The third-order valence-corrected chi connectivity index (χ3v) is 3.63. The Morgan fingerprint density at radius 2 is 1.96 bits per heavy atom. The second-order valence-corrected chi connectivity index (χ2v) is 5.60. The van der Waals surface area contributed by atoms with E-state index in [0.717, 1.165) is 25.8 Å². The fourth-order valence-corrected chi connectivity index (χ4v) is 2.32. The summed E-state index contributed by atoms with van der Waals surface area (Å²) in [7, 11) is 0. The van der Waals surface area contributed by atoms with Crippen molar-refractivity contribution in [2.75, 3.05) is 18.5 Å². The summed E-state index contributed by atoms with van der Waals surface area (Å²) >= 11 is 0. The predicted octanol–water partition coefficient (Wildman–Crippen LogP) is 3.52. The van der Waals surface area contributed by atoms with Crippen LogP contribution in [0.4, 0.5) is 18.9 Å².